The Bertz CT molecular complexity index is 1140. The minimum Gasteiger partial charge on any atom is -0.342 e. The summed E-state index contributed by atoms with van der Waals surface area (Å²) in [7, 11) is 0. The summed E-state index contributed by atoms with van der Waals surface area (Å²) in [6.07, 6.45) is 7.11. The molecule has 0 atom stereocenters. The number of anilines is 1. The standard InChI is InChI=1S/C19H18N6O/c1-11-16(18-20-8-3-9-25(18)24-11)19(26)21-13-6-7-14-15(10-13)23-17(22-14)12-4-2-5-12/h3,6-10,12H,2,4-5H2,1H3,(H,21,26)(H,22,23). The third-order valence-electron chi connectivity index (χ3n) is 5.05. The van der Waals surface area contributed by atoms with E-state index in [9.17, 15) is 4.79 Å². The lowest BCUT2D eigenvalue weighted by Gasteiger charge is -2.22. The molecule has 3 heterocycles. The van der Waals surface area contributed by atoms with E-state index in [1.54, 1.807) is 23.0 Å². The average molecular weight is 346 g/mol. The zero-order valence-electron chi connectivity index (χ0n) is 14.4. The van der Waals surface area contributed by atoms with Crippen molar-refractivity contribution in [3.8, 4) is 0 Å². The number of rotatable bonds is 3. The number of fused-ring (bicyclic) bond motifs is 2. The van der Waals surface area contributed by atoms with Gasteiger partial charge in [-0.15, -0.1) is 0 Å². The zero-order valence-corrected chi connectivity index (χ0v) is 14.4. The maximum absolute atomic E-state index is 12.8. The summed E-state index contributed by atoms with van der Waals surface area (Å²) in [5.41, 5.74) is 4.29. The SMILES string of the molecule is Cc1nn2cccnc2c1C(=O)Nc1ccc2nc(C3CCC3)[nH]c2c1. The second kappa shape index (κ2) is 5.66. The molecule has 2 N–H and O–H groups in total. The van der Waals surface area contributed by atoms with E-state index < -0.39 is 0 Å². The number of amides is 1. The molecule has 3 aromatic heterocycles. The number of carbonyl (C=O) groups is 1. The van der Waals surface area contributed by atoms with Crippen molar-refractivity contribution < 1.29 is 4.79 Å². The lowest BCUT2D eigenvalue weighted by Crippen LogP contribution is -2.13. The summed E-state index contributed by atoms with van der Waals surface area (Å²) in [5, 5.41) is 7.30. The molecule has 4 aromatic rings. The van der Waals surface area contributed by atoms with E-state index in [4.69, 9.17) is 0 Å². The third kappa shape index (κ3) is 2.35. The first kappa shape index (κ1) is 15.1. The molecule has 0 saturated heterocycles. The monoisotopic (exact) mass is 346 g/mol. The van der Waals surface area contributed by atoms with Crippen molar-refractivity contribution in [3.05, 3.63) is 53.7 Å². The highest BCUT2D eigenvalue weighted by atomic mass is 16.1. The van der Waals surface area contributed by atoms with E-state index in [1.165, 1.54) is 19.3 Å². The number of aromatic amines is 1. The molecular weight excluding hydrogens is 328 g/mol. The van der Waals surface area contributed by atoms with Gasteiger partial charge < -0.3 is 10.3 Å². The van der Waals surface area contributed by atoms with Gasteiger partial charge in [0.1, 0.15) is 11.4 Å². The molecular formula is C19H18N6O. The van der Waals surface area contributed by atoms with Crippen LogP contribution < -0.4 is 5.32 Å². The fourth-order valence-electron chi connectivity index (χ4n) is 3.44. The summed E-state index contributed by atoms with van der Waals surface area (Å²) < 4.78 is 1.62. The Morgan fingerprint density at radius 2 is 2.23 bits per heavy atom. The van der Waals surface area contributed by atoms with E-state index in [1.807, 2.05) is 25.1 Å². The van der Waals surface area contributed by atoms with Gasteiger partial charge in [-0.25, -0.2) is 14.5 Å². The van der Waals surface area contributed by atoms with Gasteiger partial charge in [0.15, 0.2) is 5.65 Å². The Hall–Kier alpha value is -3.22. The van der Waals surface area contributed by atoms with Gasteiger partial charge in [-0.2, -0.15) is 5.10 Å². The Labute approximate surface area is 149 Å². The van der Waals surface area contributed by atoms with E-state index in [0.29, 0.717) is 22.8 Å². The second-order valence-corrected chi connectivity index (χ2v) is 6.78. The second-order valence-electron chi connectivity index (χ2n) is 6.78. The van der Waals surface area contributed by atoms with Crippen molar-refractivity contribution in [1.82, 2.24) is 24.6 Å². The molecule has 0 spiro atoms. The normalized spacial score (nSPS) is 14.7. The molecule has 26 heavy (non-hydrogen) atoms. The smallest absolute Gasteiger partial charge is 0.261 e. The van der Waals surface area contributed by atoms with Crippen molar-refractivity contribution >= 4 is 28.3 Å². The highest BCUT2D eigenvalue weighted by Crippen LogP contribution is 2.35. The number of imidazole rings is 1. The number of nitrogens with zero attached hydrogens (tertiary/aromatic N) is 4. The molecule has 7 nitrogen and oxygen atoms in total. The van der Waals surface area contributed by atoms with Crippen LogP contribution in [0.3, 0.4) is 0 Å². The summed E-state index contributed by atoms with van der Waals surface area (Å²) in [5.74, 6) is 1.39. The fraction of sp³-hybridized carbons (Fsp3) is 0.263. The number of aryl methyl sites for hydroxylation is 1. The van der Waals surface area contributed by atoms with Crippen LogP contribution in [0.25, 0.3) is 16.7 Å². The van der Waals surface area contributed by atoms with E-state index in [0.717, 1.165) is 22.5 Å². The van der Waals surface area contributed by atoms with Gasteiger partial charge in [-0.05, 0) is 44.0 Å². The van der Waals surface area contributed by atoms with E-state index in [-0.39, 0.29) is 5.91 Å². The van der Waals surface area contributed by atoms with Crippen molar-refractivity contribution in [2.75, 3.05) is 5.32 Å². The third-order valence-corrected chi connectivity index (χ3v) is 5.05. The molecule has 1 aromatic carbocycles. The molecule has 0 unspecified atom stereocenters. The first-order valence-electron chi connectivity index (χ1n) is 8.80. The highest BCUT2D eigenvalue weighted by Gasteiger charge is 2.23. The first-order chi connectivity index (χ1) is 12.7. The highest BCUT2D eigenvalue weighted by molar-refractivity contribution is 6.09. The van der Waals surface area contributed by atoms with Gasteiger partial charge >= 0.3 is 0 Å². The van der Waals surface area contributed by atoms with Crippen molar-refractivity contribution in [2.24, 2.45) is 0 Å². The summed E-state index contributed by atoms with van der Waals surface area (Å²) in [6, 6.07) is 7.52. The maximum Gasteiger partial charge on any atom is 0.261 e. The molecule has 1 fully saturated rings. The van der Waals surface area contributed by atoms with Crippen LogP contribution in [0.15, 0.2) is 36.7 Å². The van der Waals surface area contributed by atoms with Crippen LogP contribution in [0, 0.1) is 6.92 Å². The van der Waals surface area contributed by atoms with Crippen LogP contribution in [0.4, 0.5) is 5.69 Å². The lowest BCUT2D eigenvalue weighted by atomic mass is 9.85. The van der Waals surface area contributed by atoms with Crippen LogP contribution in [-0.2, 0) is 0 Å². The van der Waals surface area contributed by atoms with Gasteiger partial charge in [-0.1, -0.05) is 6.42 Å². The Morgan fingerprint density at radius 1 is 1.35 bits per heavy atom. The minimum atomic E-state index is -0.214. The van der Waals surface area contributed by atoms with Gasteiger partial charge in [0.05, 0.1) is 16.7 Å². The molecule has 0 bridgehead atoms. The van der Waals surface area contributed by atoms with Crippen LogP contribution in [0.2, 0.25) is 0 Å². The molecule has 1 saturated carbocycles. The largest absolute Gasteiger partial charge is 0.342 e. The molecule has 1 aliphatic carbocycles. The summed E-state index contributed by atoms with van der Waals surface area (Å²) in [4.78, 5) is 25.1. The average Bonchev–Trinajstić information content (AvgIpc) is 3.12. The van der Waals surface area contributed by atoms with Gasteiger partial charge in [-0.3, -0.25) is 4.79 Å². The van der Waals surface area contributed by atoms with Crippen molar-refractivity contribution in [3.63, 3.8) is 0 Å². The molecule has 5 rings (SSSR count). The fourth-order valence-corrected chi connectivity index (χ4v) is 3.44. The Kier molecular flexibility index (Phi) is 3.28. The number of aromatic nitrogens is 5. The quantitative estimate of drug-likeness (QED) is 0.595. The predicted octanol–water partition coefficient (Wildman–Crippen LogP) is 3.43. The Balaban J connectivity index is 1.46. The van der Waals surface area contributed by atoms with Gasteiger partial charge in [0, 0.05) is 24.0 Å². The van der Waals surface area contributed by atoms with E-state index >= 15 is 0 Å². The number of carbonyl (C=O) groups excluding carboxylic acids is 1. The van der Waals surface area contributed by atoms with Crippen LogP contribution in [-0.4, -0.2) is 30.5 Å². The van der Waals surface area contributed by atoms with Gasteiger partial charge in [0.25, 0.3) is 5.91 Å². The number of benzene rings is 1. The minimum absolute atomic E-state index is 0.214. The van der Waals surface area contributed by atoms with E-state index in [2.05, 4.69) is 25.4 Å². The first-order valence-corrected chi connectivity index (χ1v) is 8.80. The number of nitrogens with one attached hydrogen (secondary N) is 2. The molecule has 1 amide bonds. The molecule has 1 aliphatic rings. The predicted molar refractivity (Wildman–Crippen MR) is 98.4 cm³/mol. The number of hydrogen-bond acceptors (Lipinski definition) is 4. The summed E-state index contributed by atoms with van der Waals surface area (Å²) in [6.45, 7) is 1.81. The molecule has 0 aliphatic heterocycles. The maximum atomic E-state index is 12.8. The van der Waals surface area contributed by atoms with Gasteiger partial charge in [0.2, 0.25) is 0 Å². The number of hydrogen-bond donors (Lipinski definition) is 2. The van der Waals surface area contributed by atoms with Crippen LogP contribution in [0.1, 0.15) is 47.1 Å². The van der Waals surface area contributed by atoms with Crippen LogP contribution >= 0.6 is 0 Å². The van der Waals surface area contributed by atoms with Crippen LogP contribution in [0.5, 0.6) is 0 Å². The molecule has 7 heteroatoms. The topological polar surface area (TPSA) is 88.0 Å². The lowest BCUT2D eigenvalue weighted by molar-refractivity contribution is 0.102. The van der Waals surface area contributed by atoms with Crippen molar-refractivity contribution in [2.45, 2.75) is 32.1 Å². The molecule has 130 valence electrons. The number of H-pyrrole nitrogens is 1. The summed E-state index contributed by atoms with van der Waals surface area (Å²) >= 11 is 0. The molecule has 0 radical (unpaired) electrons. The zero-order chi connectivity index (χ0) is 17.7. The van der Waals surface area contributed by atoms with Crippen molar-refractivity contribution in [1.29, 1.82) is 0 Å². The Morgan fingerprint density at radius 3 is 3.04 bits per heavy atom.